The second-order valence-corrected chi connectivity index (χ2v) is 4.99. The Kier molecular flexibility index (Phi) is 5.01. The molecule has 22 heavy (non-hydrogen) atoms. The number of amides is 2. The van der Waals surface area contributed by atoms with Crippen molar-refractivity contribution in [3.63, 3.8) is 0 Å². The van der Waals surface area contributed by atoms with E-state index in [-0.39, 0.29) is 11.8 Å². The minimum atomic E-state index is -0.295. The Bertz CT molecular complexity index is 699. The number of nitrogens with one attached hydrogen (secondary N) is 2. The molecule has 114 valence electrons. The first-order valence-corrected chi connectivity index (χ1v) is 6.90. The van der Waals surface area contributed by atoms with Crippen molar-refractivity contribution < 1.29 is 14.3 Å². The van der Waals surface area contributed by atoms with Gasteiger partial charge in [0.1, 0.15) is 5.75 Å². The molecule has 0 saturated carbocycles. The summed E-state index contributed by atoms with van der Waals surface area (Å²) in [7, 11) is 1.56. The maximum atomic E-state index is 12.2. The quantitative estimate of drug-likeness (QED) is 0.905. The van der Waals surface area contributed by atoms with Crippen LogP contribution in [0.5, 0.6) is 5.75 Å². The van der Waals surface area contributed by atoms with Crippen molar-refractivity contribution in [2.45, 2.75) is 6.92 Å². The predicted octanol–water partition coefficient (Wildman–Crippen LogP) is 3.56. The Morgan fingerprint density at radius 2 is 1.68 bits per heavy atom. The summed E-state index contributed by atoms with van der Waals surface area (Å²) in [5, 5.41) is 5.84. The zero-order chi connectivity index (χ0) is 16.1. The first-order chi connectivity index (χ1) is 10.5. The number of hydrogen-bond donors (Lipinski definition) is 2. The lowest BCUT2D eigenvalue weighted by molar-refractivity contribution is -0.114. The second-order valence-electron chi connectivity index (χ2n) is 4.55. The third kappa shape index (κ3) is 3.99. The van der Waals surface area contributed by atoms with Crippen LogP contribution in [0.25, 0.3) is 0 Å². The first-order valence-electron chi connectivity index (χ1n) is 6.52. The highest BCUT2D eigenvalue weighted by atomic mass is 35.5. The topological polar surface area (TPSA) is 67.4 Å². The van der Waals surface area contributed by atoms with Crippen molar-refractivity contribution in [2.75, 3.05) is 17.7 Å². The van der Waals surface area contributed by atoms with Crippen molar-refractivity contribution in [1.82, 2.24) is 0 Å². The van der Waals surface area contributed by atoms with Crippen molar-refractivity contribution in [3.05, 3.63) is 53.1 Å². The lowest BCUT2D eigenvalue weighted by Crippen LogP contribution is -2.15. The standard InChI is InChI=1S/C16H15ClN2O3/c1-10(20)18-15-9-12(17)5-8-14(15)19-16(21)11-3-6-13(22-2)7-4-11/h3-9H,1-2H3,(H,18,20)(H,19,21). The van der Waals surface area contributed by atoms with Gasteiger partial charge in [0.2, 0.25) is 5.91 Å². The summed E-state index contributed by atoms with van der Waals surface area (Å²) in [5.74, 6) is 0.126. The predicted molar refractivity (Wildman–Crippen MR) is 86.7 cm³/mol. The molecule has 0 spiro atoms. The SMILES string of the molecule is COc1ccc(C(=O)Nc2ccc(Cl)cc2NC(C)=O)cc1. The van der Waals surface area contributed by atoms with Crippen LogP contribution in [0.15, 0.2) is 42.5 Å². The average Bonchev–Trinajstić information content (AvgIpc) is 2.49. The highest BCUT2D eigenvalue weighted by molar-refractivity contribution is 6.31. The summed E-state index contributed by atoms with van der Waals surface area (Å²) in [5.41, 5.74) is 1.40. The molecule has 0 aliphatic rings. The van der Waals surface area contributed by atoms with Gasteiger partial charge in [0.05, 0.1) is 18.5 Å². The van der Waals surface area contributed by atoms with Gasteiger partial charge in [-0.2, -0.15) is 0 Å². The van der Waals surface area contributed by atoms with E-state index in [1.54, 1.807) is 49.6 Å². The van der Waals surface area contributed by atoms with Gasteiger partial charge in [0, 0.05) is 17.5 Å². The molecule has 0 radical (unpaired) electrons. The van der Waals surface area contributed by atoms with Gasteiger partial charge in [-0.3, -0.25) is 9.59 Å². The normalized spacial score (nSPS) is 9.95. The van der Waals surface area contributed by atoms with Gasteiger partial charge < -0.3 is 15.4 Å². The molecule has 0 saturated heterocycles. The van der Waals surface area contributed by atoms with Crippen molar-refractivity contribution >= 4 is 34.8 Å². The Balaban J connectivity index is 2.21. The van der Waals surface area contributed by atoms with Gasteiger partial charge in [-0.1, -0.05) is 11.6 Å². The van der Waals surface area contributed by atoms with Crippen LogP contribution in [-0.2, 0) is 4.79 Å². The number of ether oxygens (including phenoxy) is 1. The van der Waals surface area contributed by atoms with Gasteiger partial charge in [-0.05, 0) is 42.5 Å². The molecule has 2 rings (SSSR count). The zero-order valence-corrected chi connectivity index (χ0v) is 12.9. The van der Waals surface area contributed by atoms with Crippen LogP contribution in [0.3, 0.4) is 0 Å². The molecule has 0 fully saturated rings. The summed E-state index contributed by atoms with van der Waals surface area (Å²) in [4.78, 5) is 23.5. The summed E-state index contributed by atoms with van der Waals surface area (Å²) in [6, 6.07) is 11.6. The van der Waals surface area contributed by atoms with Crippen LogP contribution in [0, 0.1) is 0 Å². The van der Waals surface area contributed by atoms with Gasteiger partial charge in [-0.15, -0.1) is 0 Å². The van der Waals surface area contributed by atoms with Crippen LogP contribution < -0.4 is 15.4 Å². The number of benzene rings is 2. The molecule has 0 aliphatic heterocycles. The van der Waals surface area contributed by atoms with Gasteiger partial charge >= 0.3 is 0 Å². The lowest BCUT2D eigenvalue weighted by atomic mass is 10.2. The molecule has 2 aromatic rings. The molecule has 0 aromatic heterocycles. The van der Waals surface area contributed by atoms with Crippen molar-refractivity contribution in [2.24, 2.45) is 0 Å². The molecule has 2 N–H and O–H groups in total. The second kappa shape index (κ2) is 6.95. The van der Waals surface area contributed by atoms with E-state index >= 15 is 0 Å². The number of rotatable bonds is 4. The smallest absolute Gasteiger partial charge is 0.255 e. The summed E-state index contributed by atoms with van der Waals surface area (Å²) in [6.07, 6.45) is 0. The highest BCUT2D eigenvalue weighted by Gasteiger charge is 2.11. The molecule has 6 heteroatoms. The van der Waals surface area contributed by atoms with Crippen LogP contribution in [-0.4, -0.2) is 18.9 Å². The number of carbonyl (C=O) groups excluding carboxylic acids is 2. The number of methoxy groups -OCH3 is 1. The molecule has 0 bridgehead atoms. The monoisotopic (exact) mass is 318 g/mol. The molecule has 0 heterocycles. The number of hydrogen-bond acceptors (Lipinski definition) is 3. The fourth-order valence-electron chi connectivity index (χ4n) is 1.86. The molecule has 0 aliphatic carbocycles. The third-order valence-corrected chi connectivity index (χ3v) is 3.13. The van der Waals surface area contributed by atoms with E-state index in [1.807, 2.05) is 0 Å². The van der Waals surface area contributed by atoms with Crippen molar-refractivity contribution in [1.29, 1.82) is 0 Å². The van der Waals surface area contributed by atoms with Gasteiger partial charge in [0.15, 0.2) is 0 Å². The fraction of sp³-hybridized carbons (Fsp3) is 0.125. The lowest BCUT2D eigenvalue weighted by Gasteiger charge is -2.12. The van der Waals surface area contributed by atoms with E-state index in [2.05, 4.69) is 10.6 Å². The maximum Gasteiger partial charge on any atom is 0.255 e. The molecule has 2 amide bonds. The van der Waals surface area contributed by atoms with E-state index in [4.69, 9.17) is 16.3 Å². The molecular formula is C16H15ClN2O3. The summed E-state index contributed by atoms with van der Waals surface area (Å²) in [6.45, 7) is 1.38. The van der Waals surface area contributed by atoms with Crippen LogP contribution >= 0.6 is 11.6 Å². The summed E-state index contributed by atoms with van der Waals surface area (Å²) < 4.78 is 5.05. The maximum absolute atomic E-state index is 12.2. The van der Waals surface area contributed by atoms with E-state index in [9.17, 15) is 9.59 Å². The van der Waals surface area contributed by atoms with Crippen LogP contribution in [0.4, 0.5) is 11.4 Å². The summed E-state index contributed by atoms with van der Waals surface area (Å²) >= 11 is 5.91. The van der Waals surface area contributed by atoms with Crippen LogP contribution in [0.2, 0.25) is 5.02 Å². The molecular weight excluding hydrogens is 304 g/mol. The average molecular weight is 319 g/mol. The number of anilines is 2. The highest BCUT2D eigenvalue weighted by Crippen LogP contribution is 2.26. The zero-order valence-electron chi connectivity index (χ0n) is 12.1. The van der Waals surface area contributed by atoms with E-state index in [1.165, 1.54) is 6.92 Å². The minimum Gasteiger partial charge on any atom is -0.497 e. The Morgan fingerprint density at radius 3 is 2.27 bits per heavy atom. The Labute approximate surface area is 133 Å². The third-order valence-electron chi connectivity index (χ3n) is 2.89. The molecule has 5 nitrogen and oxygen atoms in total. The Hall–Kier alpha value is -2.53. The largest absolute Gasteiger partial charge is 0.497 e. The fourth-order valence-corrected chi connectivity index (χ4v) is 2.03. The van der Waals surface area contributed by atoms with Gasteiger partial charge in [0.25, 0.3) is 5.91 Å². The molecule has 0 unspecified atom stereocenters. The van der Waals surface area contributed by atoms with E-state index in [0.717, 1.165) is 0 Å². The van der Waals surface area contributed by atoms with Crippen LogP contribution in [0.1, 0.15) is 17.3 Å². The van der Waals surface area contributed by atoms with Gasteiger partial charge in [-0.25, -0.2) is 0 Å². The number of carbonyl (C=O) groups is 2. The van der Waals surface area contributed by atoms with E-state index < -0.39 is 0 Å². The Morgan fingerprint density at radius 1 is 1.00 bits per heavy atom. The van der Waals surface area contributed by atoms with E-state index in [0.29, 0.717) is 27.7 Å². The molecule has 2 aromatic carbocycles. The minimum absolute atomic E-state index is 0.248. The first kappa shape index (κ1) is 15.9. The number of halogens is 1. The molecule has 0 atom stereocenters. The van der Waals surface area contributed by atoms with Crippen molar-refractivity contribution in [3.8, 4) is 5.75 Å².